The molecular formula is C5H12F3NSi. The van der Waals surface area contributed by atoms with E-state index in [1.165, 1.54) is 0 Å². The summed E-state index contributed by atoms with van der Waals surface area (Å²) in [6.07, 6.45) is -4.07. The molecule has 0 rings (SSSR count). The van der Waals surface area contributed by atoms with Gasteiger partial charge in [0, 0.05) is 0 Å². The Hall–Kier alpha value is -0.0331. The SMILES string of the molecule is C[Si](C)(C)NCC(F)(F)F. The molecule has 0 fully saturated rings. The van der Waals surface area contributed by atoms with Crippen LogP contribution in [0, 0.1) is 0 Å². The van der Waals surface area contributed by atoms with Crippen molar-refractivity contribution < 1.29 is 13.2 Å². The number of rotatable bonds is 2. The van der Waals surface area contributed by atoms with Crippen LogP contribution in [-0.4, -0.2) is 21.0 Å². The number of nitrogens with one attached hydrogen (secondary N) is 1. The molecule has 0 radical (unpaired) electrons. The third-order valence-corrected chi connectivity index (χ3v) is 2.06. The van der Waals surface area contributed by atoms with Gasteiger partial charge >= 0.3 is 6.18 Å². The van der Waals surface area contributed by atoms with Crippen LogP contribution in [0.1, 0.15) is 0 Å². The molecule has 0 saturated heterocycles. The maximum Gasteiger partial charge on any atom is 0.400 e. The fraction of sp³-hybridized carbons (Fsp3) is 1.00. The molecule has 10 heavy (non-hydrogen) atoms. The fourth-order valence-corrected chi connectivity index (χ4v) is 1.10. The summed E-state index contributed by atoms with van der Waals surface area (Å²) in [6.45, 7) is 4.64. The van der Waals surface area contributed by atoms with E-state index in [0.717, 1.165) is 0 Å². The molecule has 0 unspecified atom stereocenters. The van der Waals surface area contributed by atoms with Crippen LogP contribution in [0.25, 0.3) is 0 Å². The lowest BCUT2D eigenvalue weighted by molar-refractivity contribution is -0.121. The highest BCUT2D eigenvalue weighted by Gasteiger charge is 2.29. The predicted octanol–water partition coefficient (Wildman–Crippen LogP) is 1.97. The molecule has 0 saturated carbocycles. The number of alkyl halides is 3. The van der Waals surface area contributed by atoms with Crippen LogP contribution >= 0.6 is 0 Å². The Morgan fingerprint density at radius 2 is 1.60 bits per heavy atom. The van der Waals surface area contributed by atoms with E-state index in [-0.39, 0.29) is 0 Å². The normalized spacial score (nSPS) is 13.8. The van der Waals surface area contributed by atoms with Crippen LogP contribution in [0.5, 0.6) is 0 Å². The molecule has 0 atom stereocenters. The predicted molar refractivity (Wildman–Crippen MR) is 37.4 cm³/mol. The molecule has 1 nitrogen and oxygen atoms in total. The molecule has 5 heteroatoms. The van der Waals surface area contributed by atoms with Crippen molar-refractivity contribution in [1.29, 1.82) is 0 Å². The van der Waals surface area contributed by atoms with Gasteiger partial charge in [-0.05, 0) is 0 Å². The molecule has 0 spiro atoms. The Kier molecular flexibility index (Phi) is 2.91. The summed E-state index contributed by atoms with van der Waals surface area (Å²) in [4.78, 5) is 2.48. The third-order valence-electron chi connectivity index (χ3n) is 0.819. The van der Waals surface area contributed by atoms with Crippen molar-refractivity contribution in [3.63, 3.8) is 0 Å². The van der Waals surface area contributed by atoms with Crippen molar-refractivity contribution in [1.82, 2.24) is 4.98 Å². The largest absolute Gasteiger partial charge is 0.400 e. The van der Waals surface area contributed by atoms with E-state index in [0.29, 0.717) is 0 Å². The van der Waals surface area contributed by atoms with Gasteiger partial charge in [0.15, 0.2) is 0 Å². The minimum absolute atomic E-state index is 0.858. The quantitative estimate of drug-likeness (QED) is 0.626. The van der Waals surface area contributed by atoms with Crippen molar-refractivity contribution in [2.24, 2.45) is 0 Å². The lowest BCUT2D eigenvalue weighted by Crippen LogP contribution is -2.46. The summed E-state index contributed by atoms with van der Waals surface area (Å²) in [6, 6.07) is 0. The summed E-state index contributed by atoms with van der Waals surface area (Å²) >= 11 is 0. The summed E-state index contributed by atoms with van der Waals surface area (Å²) in [5.41, 5.74) is 0. The third kappa shape index (κ3) is 7.97. The lowest BCUT2D eigenvalue weighted by Gasteiger charge is -2.18. The van der Waals surface area contributed by atoms with Crippen molar-refractivity contribution in [3.05, 3.63) is 0 Å². The van der Waals surface area contributed by atoms with Gasteiger partial charge in [0.25, 0.3) is 0 Å². The van der Waals surface area contributed by atoms with E-state index < -0.39 is 21.0 Å². The number of hydrogen-bond donors (Lipinski definition) is 1. The highest BCUT2D eigenvalue weighted by molar-refractivity contribution is 6.73. The topological polar surface area (TPSA) is 12.0 Å². The zero-order chi connectivity index (χ0) is 8.41. The smallest absolute Gasteiger partial charge is 0.330 e. The maximum absolute atomic E-state index is 11.5. The summed E-state index contributed by atoms with van der Waals surface area (Å²) < 4.78 is 34.6. The zero-order valence-electron chi connectivity index (χ0n) is 6.34. The van der Waals surface area contributed by atoms with E-state index in [1.807, 2.05) is 19.6 Å². The number of hydrogen-bond acceptors (Lipinski definition) is 1. The Morgan fingerprint density at radius 3 is 1.70 bits per heavy atom. The first-order chi connectivity index (χ1) is 4.21. The molecule has 0 heterocycles. The summed E-state index contributed by atoms with van der Waals surface area (Å²) in [7, 11) is -1.74. The van der Waals surface area contributed by atoms with Crippen LogP contribution in [0.3, 0.4) is 0 Å². The second-order valence-corrected chi connectivity index (χ2v) is 8.07. The average Bonchev–Trinajstić information content (AvgIpc) is 1.57. The van der Waals surface area contributed by atoms with Crippen LogP contribution < -0.4 is 4.98 Å². The van der Waals surface area contributed by atoms with Crippen LogP contribution in [-0.2, 0) is 0 Å². The minimum atomic E-state index is -4.07. The molecule has 0 aliphatic carbocycles. The molecule has 0 bridgehead atoms. The van der Waals surface area contributed by atoms with Gasteiger partial charge in [0.1, 0.15) is 8.24 Å². The summed E-state index contributed by atoms with van der Waals surface area (Å²) in [5, 5.41) is 0. The van der Waals surface area contributed by atoms with Gasteiger partial charge in [-0.2, -0.15) is 13.2 Å². The maximum atomic E-state index is 11.5. The minimum Gasteiger partial charge on any atom is -0.330 e. The van der Waals surface area contributed by atoms with E-state index in [1.54, 1.807) is 0 Å². The van der Waals surface area contributed by atoms with E-state index in [9.17, 15) is 13.2 Å². The Morgan fingerprint density at radius 1 is 1.20 bits per heavy atom. The van der Waals surface area contributed by atoms with Crippen molar-refractivity contribution in [2.45, 2.75) is 25.8 Å². The molecule has 0 aromatic carbocycles. The molecule has 0 aliphatic rings. The molecular weight excluding hydrogens is 159 g/mol. The average molecular weight is 171 g/mol. The second-order valence-electron chi connectivity index (χ2n) is 3.22. The molecule has 0 aromatic heterocycles. The Bertz CT molecular complexity index is 90.4. The highest BCUT2D eigenvalue weighted by atomic mass is 28.3. The van der Waals surface area contributed by atoms with Gasteiger partial charge in [-0.3, -0.25) is 0 Å². The lowest BCUT2D eigenvalue weighted by atomic mass is 10.7. The molecule has 0 amide bonds. The molecule has 1 N–H and O–H groups in total. The van der Waals surface area contributed by atoms with Crippen molar-refractivity contribution in [2.75, 3.05) is 6.54 Å². The van der Waals surface area contributed by atoms with Gasteiger partial charge < -0.3 is 4.98 Å². The van der Waals surface area contributed by atoms with Crippen LogP contribution in [0.2, 0.25) is 19.6 Å². The van der Waals surface area contributed by atoms with Crippen LogP contribution in [0.15, 0.2) is 0 Å². The van der Waals surface area contributed by atoms with Crippen LogP contribution in [0.4, 0.5) is 13.2 Å². The molecule has 0 aromatic rings. The van der Waals surface area contributed by atoms with E-state index >= 15 is 0 Å². The Balaban J connectivity index is 3.56. The second kappa shape index (κ2) is 2.92. The van der Waals surface area contributed by atoms with Gasteiger partial charge in [-0.25, -0.2) is 0 Å². The monoisotopic (exact) mass is 171 g/mol. The van der Waals surface area contributed by atoms with Gasteiger partial charge in [0.05, 0.1) is 6.54 Å². The zero-order valence-corrected chi connectivity index (χ0v) is 7.34. The first-order valence-electron chi connectivity index (χ1n) is 3.02. The van der Waals surface area contributed by atoms with Gasteiger partial charge in [-0.1, -0.05) is 19.6 Å². The summed E-state index contributed by atoms with van der Waals surface area (Å²) in [5.74, 6) is 0. The standard InChI is InChI=1S/C5H12F3NSi/c1-10(2,3)9-4-5(6,7)8/h9H,4H2,1-3H3. The first-order valence-corrected chi connectivity index (χ1v) is 6.52. The van der Waals surface area contributed by atoms with E-state index in [4.69, 9.17) is 0 Å². The molecule has 62 valence electrons. The Labute approximate surface area is 59.7 Å². The van der Waals surface area contributed by atoms with Crippen molar-refractivity contribution in [3.8, 4) is 0 Å². The van der Waals surface area contributed by atoms with E-state index in [2.05, 4.69) is 4.98 Å². The molecule has 0 aliphatic heterocycles. The number of halogens is 3. The first kappa shape index (κ1) is 9.97. The fourth-order valence-electron chi connectivity index (χ4n) is 0.365. The van der Waals surface area contributed by atoms with Gasteiger partial charge in [0.2, 0.25) is 0 Å². The van der Waals surface area contributed by atoms with Gasteiger partial charge in [-0.15, -0.1) is 0 Å². The highest BCUT2D eigenvalue weighted by Crippen LogP contribution is 2.13. The van der Waals surface area contributed by atoms with Crippen molar-refractivity contribution >= 4 is 8.24 Å².